The Balaban J connectivity index is 1.57. The Morgan fingerprint density at radius 1 is 1.35 bits per heavy atom. The summed E-state index contributed by atoms with van der Waals surface area (Å²) in [6, 6.07) is 1.42. The molecule has 3 aliphatic rings. The van der Waals surface area contributed by atoms with Gasteiger partial charge in [0.25, 0.3) is 0 Å². The maximum Gasteiger partial charge on any atom is 0.224 e. The first kappa shape index (κ1) is 11.5. The number of fused-ring (bicyclic) bond motifs is 1. The van der Waals surface area contributed by atoms with E-state index in [1.807, 2.05) is 0 Å². The van der Waals surface area contributed by atoms with Crippen LogP contribution in [0.1, 0.15) is 38.5 Å². The van der Waals surface area contributed by atoms with Crippen LogP contribution in [0.15, 0.2) is 0 Å². The number of ether oxygens (including phenoxy) is 1. The van der Waals surface area contributed by atoms with Gasteiger partial charge < -0.3 is 15.0 Å². The highest BCUT2D eigenvalue weighted by Crippen LogP contribution is 2.31. The van der Waals surface area contributed by atoms with Crippen molar-refractivity contribution in [2.45, 2.75) is 62.8 Å². The summed E-state index contributed by atoms with van der Waals surface area (Å²) in [6.07, 6.45) is 6.94. The van der Waals surface area contributed by atoms with Crippen LogP contribution >= 0.6 is 0 Å². The number of carbonyl (C=O) groups excluding carboxylic acids is 1. The van der Waals surface area contributed by atoms with E-state index >= 15 is 0 Å². The second kappa shape index (κ2) is 4.58. The van der Waals surface area contributed by atoms with Crippen molar-refractivity contribution in [3.8, 4) is 0 Å². The number of hydrogen-bond donors (Lipinski definition) is 1. The van der Waals surface area contributed by atoms with Crippen LogP contribution in [-0.2, 0) is 9.53 Å². The van der Waals surface area contributed by atoms with Crippen molar-refractivity contribution in [1.29, 1.82) is 0 Å². The van der Waals surface area contributed by atoms with Crippen LogP contribution in [0.2, 0.25) is 0 Å². The molecule has 1 saturated carbocycles. The highest BCUT2D eigenvalue weighted by atomic mass is 16.5. The molecule has 2 saturated heterocycles. The molecule has 17 heavy (non-hydrogen) atoms. The number of hydrogen-bond acceptors (Lipinski definition) is 3. The molecule has 1 amide bonds. The SMILES string of the molecule is COC1CCC(NC2CC(=O)N3CCCC23)C1. The zero-order valence-electron chi connectivity index (χ0n) is 10.5. The van der Waals surface area contributed by atoms with E-state index in [1.54, 1.807) is 7.11 Å². The Hall–Kier alpha value is -0.610. The number of nitrogens with zero attached hydrogens (tertiary/aromatic N) is 1. The lowest BCUT2D eigenvalue weighted by atomic mass is 10.0. The summed E-state index contributed by atoms with van der Waals surface area (Å²) in [7, 11) is 1.80. The van der Waals surface area contributed by atoms with Gasteiger partial charge in [-0.2, -0.15) is 0 Å². The molecule has 1 aliphatic carbocycles. The molecule has 0 aromatic rings. The summed E-state index contributed by atoms with van der Waals surface area (Å²) in [5.41, 5.74) is 0. The van der Waals surface area contributed by atoms with Crippen molar-refractivity contribution in [1.82, 2.24) is 10.2 Å². The van der Waals surface area contributed by atoms with Gasteiger partial charge in [0.15, 0.2) is 0 Å². The molecule has 0 aromatic carbocycles. The number of carbonyl (C=O) groups is 1. The molecular formula is C13H22N2O2. The Labute approximate surface area is 103 Å². The van der Waals surface area contributed by atoms with Crippen LogP contribution in [0.4, 0.5) is 0 Å². The van der Waals surface area contributed by atoms with Crippen LogP contribution in [0.3, 0.4) is 0 Å². The molecule has 2 aliphatic heterocycles. The number of methoxy groups -OCH3 is 1. The molecule has 4 nitrogen and oxygen atoms in total. The molecule has 4 unspecified atom stereocenters. The topological polar surface area (TPSA) is 41.6 Å². The number of rotatable bonds is 3. The third-order valence-electron chi connectivity index (χ3n) is 4.65. The summed E-state index contributed by atoms with van der Waals surface area (Å²) in [6.45, 7) is 0.979. The van der Waals surface area contributed by atoms with Crippen molar-refractivity contribution in [2.24, 2.45) is 0 Å². The van der Waals surface area contributed by atoms with Crippen LogP contribution in [0.5, 0.6) is 0 Å². The fourth-order valence-corrected chi connectivity index (χ4v) is 3.74. The third kappa shape index (κ3) is 2.08. The molecular weight excluding hydrogens is 216 g/mol. The van der Waals surface area contributed by atoms with Crippen molar-refractivity contribution in [3.63, 3.8) is 0 Å². The van der Waals surface area contributed by atoms with Crippen LogP contribution in [0, 0.1) is 0 Å². The predicted octanol–water partition coefficient (Wildman–Crippen LogP) is 0.907. The van der Waals surface area contributed by atoms with Gasteiger partial charge in [0.1, 0.15) is 0 Å². The molecule has 4 heteroatoms. The second-order valence-corrected chi connectivity index (χ2v) is 5.64. The first-order chi connectivity index (χ1) is 8.28. The Bertz CT molecular complexity index is 308. The quantitative estimate of drug-likeness (QED) is 0.794. The summed E-state index contributed by atoms with van der Waals surface area (Å²) >= 11 is 0. The highest BCUT2D eigenvalue weighted by Gasteiger charge is 2.43. The molecule has 2 heterocycles. The van der Waals surface area contributed by atoms with Crippen molar-refractivity contribution in [3.05, 3.63) is 0 Å². The maximum atomic E-state index is 11.8. The van der Waals surface area contributed by atoms with E-state index in [4.69, 9.17) is 4.74 Å². The van der Waals surface area contributed by atoms with E-state index in [9.17, 15) is 4.79 Å². The molecule has 96 valence electrons. The van der Waals surface area contributed by atoms with Crippen LogP contribution in [0.25, 0.3) is 0 Å². The molecule has 0 aromatic heterocycles. The van der Waals surface area contributed by atoms with Gasteiger partial charge in [0, 0.05) is 38.2 Å². The minimum atomic E-state index is 0.353. The molecule has 3 fully saturated rings. The third-order valence-corrected chi connectivity index (χ3v) is 4.65. The minimum absolute atomic E-state index is 0.353. The largest absolute Gasteiger partial charge is 0.381 e. The standard InChI is InChI=1S/C13H22N2O2/c1-17-10-5-4-9(7-10)14-11-8-13(16)15-6-2-3-12(11)15/h9-12,14H,2-8H2,1H3. The van der Waals surface area contributed by atoms with E-state index in [1.165, 1.54) is 19.3 Å². The fourth-order valence-electron chi connectivity index (χ4n) is 3.74. The van der Waals surface area contributed by atoms with Gasteiger partial charge in [0.2, 0.25) is 5.91 Å². The average Bonchev–Trinajstić information content (AvgIpc) is 3.00. The zero-order chi connectivity index (χ0) is 11.8. The van der Waals surface area contributed by atoms with Gasteiger partial charge in [-0.3, -0.25) is 4.79 Å². The van der Waals surface area contributed by atoms with E-state index in [-0.39, 0.29) is 0 Å². The normalized spacial score (nSPS) is 41.2. The predicted molar refractivity (Wildman–Crippen MR) is 64.7 cm³/mol. The first-order valence-corrected chi connectivity index (χ1v) is 6.86. The molecule has 1 N–H and O–H groups in total. The van der Waals surface area contributed by atoms with Gasteiger partial charge in [-0.25, -0.2) is 0 Å². The van der Waals surface area contributed by atoms with Gasteiger partial charge in [-0.1, -0.05) is 0 Å². The maximum absolute atomic E-state index is 11.8. The van der Waals surface area contributed by atoms with Gasteiger partial charge in [-0.15, -0.1) is 0 Å². The number of nitrogens with one attached hydrogen (secondary N) is 1. The van der Waals surface area contributed by atoms with Gasteiger partial charge >= 0.3 is 0 Å². The summed E-state index contributed by atoms with van der Waals surface area (Å²) in [5.74, 6) is 0.353. The lowest BCUT2D eigenvalue weighted by molar-refractivity contribution is -0.127. The van der Waals surface area contributed by atoms with Gasteiger partial charge in [-0.05, 0) is 32.1 Å². The van der Waals surface area contributed by atoms with E-state index in [0.717, 1.165) is 19.4 Å². The lowest BCUT2D eigenvalue weighted by Crippen LogP contribution is -2.43. The second-order valence-electron chi connectivity index (χ2n) is 5.64. The first-order valence-electron chi connectivity index (χ1n) is 6.86. The van der Waals surface area contributed by atoms with E-state index < -0.39 is 0 Å². The molecule has 0 bridgehead atoms. The van der Waals surface area contributed by atoms with Gasteiger partial charge in [0.05, 0.1) is 6.10 Å². The fraction of sp³-hybridized carbons (Fsp3) is 0.923. The summed E-state index contributed by atoms with van der Waals surface area (Å²) in [4.78, 5) is 13.9. The van der Waals surface area contributed by atoms with E-state index in [2.05, 4.69) is 10.2 Å². The summed E-state index contributed by atoms with van der Waals surface area (Å²) in [5, 5.41) is 3.70. The lowest BCUT2D eigenvalue weighted by Gasteiger charge is -2.24. The molecule has 4 atom stereocenters. The molecule has 0 spiro atoms. The highest BCUT2D eigenvalue weighted by molar-refractivity contribution is 5.80. The smallest absolute Gasteiger partial charge is 0.224 e. The minimum Gasteiger partial charge on any atom is -0.381 e. The number of amides is 1. The Morgan fingerprint density at radius 2 is 2.24 bits per heavy atom. The zero-order valence-corrected chi connectivity index (χ0v) is 10.5. The van der Waals surface area contributed by atoms with Crippen LogP contribution < -0.4 is 5.32 Å². The molecule has 3 rings (SSSR count). The Kier molecular flexibility index (Phi) is 3.09. The Morgan fingerprint density at radius 3 is 3.00 bits per heavy atom. The van der Waals surface area contributed by atoms with Crippen molar-refractivity contribution >= 4 is 5.91 Å². The van der Waals surface area contributed by atoms with E-state index in [0.29, 0.717) is 36.6 Å². The van der Waals surface area contributed by atoms with Crippen molar-refractivity contribution < 1.29 is 9.53 Å². The monoisotopic (exact) mass is 238 g/mol. The summed E-state index contributed by atoms with van der Waals surface area (Å²) < 4.78 is 5.40. The molecule has 0 radical (unpaired) electrons. The average molecular weight is 238 g/mol. The van der Waals surface area contributed by atoms with Crippen molar-refractivity contribution in [2.75, 3.05) is 13.7 Å². The van der Waals surface area contributed by atoms with Crippen LogP contribution in [-0.4, -0.2) is 48.7 Å².